The molecule has 0 amide bonds. The molecular weight excluding hydrogens is 362 g/mol. The molecule has 0 aliphatic carbocycles. The molecule has 0 saturated heterocycles. The summed E-state index contributed by atoms with van der Waals surface area (Å²) < 4.78 is 30.9. The molecule has 0 heterocycles. The van der Waals surface area contributed by atoms with Gasteiger partial charge in [0.1, 0.15) is 12.1 Å². The second-order valence-corrected chi connectivity index (χ2v) is 8.00. The molecule has 0 bridgehead atoms. The van der Waals surface area contributed by atoms with Crippen LogP contribution in [0.3, 0.4) is 0 Å². The molecule has 6 N–H and O–H groups in total. The largest absolute Gasteiger partial charge is 0.402 e. The van der Waals surface area contributed by atoms with Crippen LogP contribution in [0, 0.1) is 0 Å². The number of hydrogen-bond acceptors (Lipinski definition) is 6. The fourth-order valence-corrected chi connectivity index (χ4v) is 2.99. The summed E-state index contributed by atoms with van der Waals surface area (Å²) >= 11 is 0. The Morgan fingerprint density at radius 1 is 0.958 bits per heavy atom. The molecule has 142 valence electrons. The minimum atomic E-state index is -4.43. The molecular formula is C12H26N2O8P2. The van der Waals surface area contributed by atoms with Gasteiger partial charge in [0, 0.05) is 19.3 Å². The topological polar surface area (TPSA) is 179 Å². The van der Waals surface area contributed by atoms with Crippen LogP contribution in [0.15, 0.2) is 0 Å². The first kappa shape index (κ1) is 23.6. The van der Waals surface area contributed by atoms with Crippen LogP contribution in [-0.2, 0) is 27.8 Å². The quantitative estimate of drug-likeness (QED) is 0.140. The zero-order valence-corrected chi connectivity index (χ0v) is 15.2. The number of carbonyl (C=O) groups is 2. The highest BCUT2D eigenvalue weighted by Gasteiger charge is 2.27. The highest BCUT2D eigenvalue weighted by molar-refractivity contribution is 7.50. The summed E-state index contributed by atoms with van der Waals surface area (Å²) in [6, 6.07) is 0. The van der Waals surface area contributed by atoms with E-state index in [0.29, 0.717) is 12.8 Å². The Hall–Kier alpha value is -0.440. The standard InChI is InChI=1S/C12H26N2O8P2/c13-23(17,18)21-12(22-24(14,19)20)9-6-8-11(16)7-4-2-1-3-5-10-15/h10,12H,1-9H2,(H3,13,17,18)(H3,14,19,20). The van der Waals surface area contributed by atoms with Crippen LogP contribution in [0.5, 0.6) is 0 Å². The lowest BCUT2D eigenvalue weighted by Crippen LogP contribution is -2.19. The molecule has 0 radical (unpaired) electrons. The predicted molar refractivity (Wildman–Crippen MR) is 86.6 cm³/mol. The van der Waals surface area contributed by atoms with E-state index < -0.39 is 21.8 Å². The van der Waals surface area contributed by atoms with E-state index in [-0.39, 0.29) is 25.0 Å². The molecule has 0 aromatic heterocycles. The molecule has 2 atom stereocenters. The maximum atomic E-state index is 11.7. The maximum Gasteiger partial charge on any atom is 0.402 e. The molecule has 0 aromatic rings. The van der Waals surface area contributed by atoms with Gasteiger partial charge in [-0.25, -0.2) is 20.1 Å². The van der Waals surface area contributed by atoms with Crippen LogP contribution in [0.2, 0.25) is 0 Å². The summed E-state index contributed by atoms with van der Waals surface area (Å²) in [6.07, 6.45) is 3.80. The lowest BCUT2D eigenvalue weighted by atomic mass is 10.1. The van der Waals surface area contributed by atoms with Crippen molar-refractivity contribution in [2.45, 2.75) is 64.1 Å². The summed E-state index contributed by atoms with van der Waals surface area (Å²) in [5, 5.41) is 0. The third-order valence-electron chi connectivity index (χ3n) is 2.96. The zero-order chi connectivity index (χ0) is 18.6. The number of carbonyl (C=O) groups excluding carboxylic acids is 2. The van der Waals surface area contributed by atoms with Crippen LogP contribution >= 0.6 is 15.5 Å². The van der Waals surface area contributed by atoms with Crippen molar-refractivity contribution in [2.75, 3.05) is 0 Å². The van der Waals surface area contributed by atoms with Gasteiger partial charge in [-0.15, -0.1) is 0 Å². The van der Waals surface area contributed by atoms with Gasteiger partial charge in [-0.1, -0.05) is 12.8 Å². The van der Waals surface area contributed by atoms with Gasteiger partial charge in [0.15, 0.2) is 6.29 Å². The van der Waals surface area contributed by atoms with E-state index in [4.69, 9.17) is 20.8 Å². The van der Waals surface area contributed by atoms with Crippen molar-refractivity contribution in [3.8, 4) is 0 Å². The van der Waals surface area contributed by atoms with Crippen LogP contribution in [-0.4, -0.2) is 28.1 Å². The number of aldehydes is 1. The molecule has 2 unspecified atom stereocenters. The summed E-state index contributed by atoms with van der Waals surface area (Å²) in [6.45, 7) is 0. The van der Waals surface area contributed by atoms with Crippen LogP contribution < -0.4 is 11.0 Å². The van der Waals surface area contributed by atoms with Crippen molar-refractivity contribution in [1.82, 2.24) is 0 Å². The normalized spacial score (nSPS) is 17.7. The minimum absolute atomic E-state index is 0.0102. The summed E-state index contributed by atoms with van der Waals surface area (Å²) in [5.41, 5.74) is 9.62. The molecule has 24 heavy (non-hydrogen) atoms. The molecule has 0 fully saturated rings. The second-order valence-electron chi connectivity index (χ2n) is 5.32. The van der Waals surface area contributed by atoms with E-state index >= 15 is 0 Å². The van der Waals surface area contributed by atoms with Crippen molar-refractivity contribution < 1.29 is 37.6 Å². The van der Waals surface area contributed by atoms with Gasteiger partial charge in [-0.2, -0.15) is 0 Å². The fraction of sp³-hybridized carbons (Fsp3) is 0.833. The third kappa shape index (κ3) is 16.4. The fourth-order valence-electron chi connectivity index (χ4n) is 1.96. The Morgan fingerprint density at radius 3 is 1.96 bits per heavy atom. The molecule has 0 spiro atoms. The van der Waals surface area contributed by atoms with Crippen molar-refractivity contribution >= 4 is 27.6 Å². The number of rotatable bonds is 15. The molecule has 0 aliphatic rings. The summed E-state index contributed by atoms with van der Waals surface area (Å²) in [7, 11) is -8.85. The first-order valence-corrected chi connectivity index (χ1v) is 10.9. The maximum absolute atomic E-state index is 11.7. The Balaban J connectivity index is 4.04. The second kappa shape index (κ2) is 12.0. The Labute approximate surface area is 141 Å². The van der Waals surface area contributed by atoms with E-state index in [1.54, 1.807) is 0 Å². The van der Waals surface area contributed by atoms with E-state index in [0.717, 1.165) is 32.0 Å². The summed E-state index contributed by atoms with van der Waals surface area (Å²) in [4.78, 5) is 39.7. The Morgan fingerprint density at radius 2 is 1.46 bits per heavy atom. The molecule has 0 saturated carbocycles. The van der Waals surface area contributed by atoms with Crippen LogP contribution in [0.4, 0.5) is 0 Å². The Bertz CT molecular complexity index is 452. The average molecular weight is 388 g/mol. The highest BCUT2D eigenvalue weighted by atomic mass is 31.2. The van der Waals surface area contributed by atoms with Crippen LogP contribution in [0.25, 0.3) is 0 Å². The van der Waals surface area contributed by atoms with Gasteiger partial charge >= 0.3 is 15.5 Å². The monoisotopic (exact) mass is 388 g/mol. The van der Waals surface area contributed by atoms with E-state index in [1.807, 2.05) is 0 Å². The number of unbranched alkanes of at least 4 members (excludes halogenated alkanes) is 4. The molecule has 0 rings (SSSR count). The minimum Gasteiger partial charge on any atom is -0.313 e. The number of ketones is 1. The van der Waals surface area contributed by atoms with Crippen LogP contribution in [0.1, 0.15) is 57.8 Å². The third-order valence-corrected chi connectivity index (χ3v) is 4.03. The zero-order valence-electron chi connectivity index (χ0n) is 13.4. The smallest absolute Gasteiger partial charge is 0.313 e. The van der Waals surface area contributed by atoms with Gasteiger partial charge in [0.05, 0.1) is 0 Å². The number of Topliss-reactive ketones (excluding diaryl/α,β-unsaturated/α-hetero) is 1. The molecule has 0 aromatic carbocycles. The predicted octanol–water partition coefficient (Wildman–Crippen LogP) is 1.74. The van der Waals surface area contributed by atoms with Gasteiger partial charge in [0.25, 0.3) is 0 Å². The number of hydrogen-bond donors (Lipinski definition) is 4. The Kier molecular flexibility index (Phi) is 11.8. The molecule has 10 nitrogen and oxygen atoms in total. The lowest BCUT2D eigenvalue weighted by molar-refractivity contribution is -0.119. The van der Waals surface area contributed by atoms with E-state index in [1.165, 1.54) is 0 Å². The first-order valence-electron chi connectivity index (χ1n) is 7.58. The van der Waals surface area contributed by atoms with Crippen molar-refractivity contribution in [2.24, 2.45) is 11.0 Å². The SMILES string of the molecule is NP(=O)(O)OC(CCCC(=O)CCCCCCC=O)OP(N)(=O)O. The van der Waals surface area contributed by atoms with E-state index in [2.05, 4.69) is 9.05 Å². The van der Waals surface area contributed by atoms with Crippen molar-refractivity contribution in [1.29, 1.82) is 0 Å². The lowest BCUT2D eigenvalue weighted by Gasteiger charge is -2.20. The van der Waals surface area contributed by atoms with Gasteiger partial charge in [-0.05, 0) is 25.7 Å². The van der Waals surface area contributed by atoms with Gasteiger partial charge in [0.2, 0.25) is 0 Å². The van der Waals surface area contributed by atoms with Gasteiger partial charge in [-0.3, -0.25) is 13.8 Å². The molecule has 12 heteroatoms. The molecule has 0 aliphatic heterocycles. The van der Waals surface area contributed by atoms with Gasteiger partial charge < -0.3 is 14.6 Å². The van der Waals surface area contributed by atoms with Crippen molar-refractivity contribution in [3.05, 3.63) is 0 Å². The number of nitrogens with two attached hydrogens (primary N) is 2. The highest BCUT2D eigenvalue weighted by Crippen LogP contribution is 2.41. The van der Waals surface area contributed by atoms with Crippen molar-refractivity contribution in [3.63, 3.8) is 0 Å². The van der Waals surface area contributed by atoms with E-state index in [9.17, 15) is 18.7 Å². The average Bonchev–Trinajstić information content (AvgIpc) is 2.39. The first-order chi connectivity index (χ1) is 11.0. The summed E-state index contributed by atoms with van der Waals surface area (Å²) in [5.74, 6) is -0.0102.